The van der Waals surface area contributed by atoms with Crippen molar-refractivity contribution < 1.29 is 37.3 Å². The Morgan fingerprint density at radius 2 is 1.97 bits per heavy atom. The minimum Gasteiger partial charge on any atom is -0.475 e. The van der Waals surface area contributed by atoms with Crippen molar-refractivity contribution in [2.24, 2.45) is 5.92 Å². The first-order valence-corrected chi connectivity index (χ1v) is 11.0. The summed E-state index contributed by atoms with van der Waals surface area (Å²) in [4.78, 5) is 16.1. The van der Waals surface area contributed by atoms with Crippen molar-refractivity contribution in [3.63, 3.8) is 0 Å². The van der Waals surface area contributed by atoms with Gasteiger partial charge in [0.05, 0.1) is 18.4 Å². The number of ether oxygens (including phenoxy) is 3. The number of carboxylic acids is 1. The van der Waals surface area contributed by atoms with Crippen LogP contribution < -0.4 is 0 Å². The number of pyridine rings is 1. The number of carbonyl (C=O) groups is 1. The highest BCUT2D eigenvalue weighted by Gasteiger charge is 2.44. The Balaban J connectivity index is 0.000000360. The van der Waals surface area contributed by atoms with Crippen LogP contribution in [0.2, 0.25) is 0 Å². The molecule has 10 heteroatoms. The molecule has 0 bridgehead atoms. The van der Waals surface area contributed by atoms with Crippen molar-refractivity contribution in [2.75, 3.05) is 33.0 Å². The minimum atomic E-state index is -5.08. The zero-order chi connectivity index (χ0) is 23.1. The number of aromatic nitrogens is 1. The van der Waals surface area contributed by atoms with Gasteiger partial charge in [-0.25, -0.2) is 4.79 Å². The number of alkyl halides is 3. The Morgan fingerprint density at radius 1 is 1.25 bits per heavy atom. The number of aliphatic carboxylic acids is 1. The summed E-state index contributed by atoms with van der Waals surface area (Å²) in [6, 6.07) is 6.75. The summed E-state index contributed by atoms with van der Waals surface area (Å²) in [5.74, 6) is -2.12. The summed E-state index contributed by atoms with van der Waals surface area (Å²) >= 11 is 0. The first-order valence-electron chi connectivity index (χ1n) is 11.0. The molecule has 3 aliphatic heterocycles. The Labute approximate surface area is 185 Å². The van der Waals surface area contributed by atoms with Crippen LogP contribution >= 0.6 is 0 Å². The molecular weight excluding hydrogens is 429 g/mol. The van der Waals surface area contributed by atoms with Gasteiger partial charge in [0.25, 0.3) is 0 Å². The Hall–Kier alpha value is -1.75. The van der Waals surface area contributed by atoms with Crippen molar-refractivity contribution in [1.29, 1.82) is 0 Å². The number of hydrogen-bond donors (Lipinski definition) is 1. The fourth-order valence-electron chi connectivity index (χ4n) is 4.40. The van der Waals surface area contributed by atoms with Crippen LogP contribution in [0, 0.1) is 12.8 Å². The molecule has 3 saturated heterocycles. The molecule has 0 radical (unpaired) electrons. The number of carboxylic acid groups (broad SMARTS) is 1. The first-order chi connectivity index (χ1) is 15.2. The van der Waals surface area contributed by atoms with Crippen molar-refractivity contribution in [1.82, 2.24) is 9.88 Å². The molecule has 1 aromatic rings. The average molecular weight is 460 g/mol. The highest BCUT2D eigenvalue weighted by Crippen LogP contribution is 2.32. The van der Waals surface area contributed by atoms with E-state index in [4.69, 9.17) is 24.1 Å². The van der Waals surface area contributed by atoms with E-state index in [1.54, 1.807) is 0 Å². The molecular formula is C22H31F3N2O5. The molecule has 1 aromatic heterocycles. The number of halogens is 3. The van der Waals surface area contributed by atoms with Crippen molar-refractivity contribution in [3.05, 3.63) is 29.6 Å². The lowest BCUT2D eigenvalue weighted by Crippen LogP contribution is -2.42. The van der Waals surface area contributed by atoms with E-state index in [9.17, 15) is 13.2 Å². The third kappa shape index (κ3) is 7.13. The van der Waals surface area contributed by atoms with Gasteiger partial charge < -0.3 is 19.3 Å². The van der Waals surface area contributed by atoms with Crippen LogP contribution in [0.25, 0.3) is 0 Å². The Morgan fingerprint density at radius 3 is 2.62 bits per heavy atom. The van der Waals surface area contributed by atoms with Crippen LogP contribution in [0.4, 0.5) is 13.2 Å². The molecule has 0 spiro atoms. The van der Waals surface area contributed by atoms with E-state index in [1.165, 1.54) is 6.42 Å². The largest absolute Gasteiger partial charge is 0.490 e. The van der Waals surface area contributed by atoms with Crippen LogP contribution in [0.3, 0.4) is 0 Å². The van der Waals surface area contributed by atoms with Gasteiger partial charge in [-0.2, -0.15) is 13.2 Å². The van der Waals surface area contributed by atoms with Gasteiger partial charge in [0.2, 0.25) is 0 Å². The van der Waals surface area contributed by atoms with Gasteiger partial charge in [0.15, 0.2) is 0 Å². The van der Waals surface area contributed by atoms with Gasteiger partial charge in [-0.3, -0.25) is 9.88 Å². The van der Waals surface area contributed by atoms with Crippen LogP contribution in [0.1, 0.15) is 37.1 Å². The van der Waals surface area contributed by atoms with E-state index in [0.29, 0.717) is 12.0 Å². The summed E-state index contributed by atoms with van der Waals surface area (Å²) in [6.45, 7) is 7.38. The normalized spacial score (nSPS) is 26.8. The van der Waals surface area contributed by atoms with E-state index >= 15 is 0 Å². The van der Waals surface area contributed by atoms with Crippen molar-refractivity contribution >= 4 is 5.97 Å². The van der Waals surface area contributed by atoms with Crippen LogP contribution in [0.5, 0.6) is 0 Å². The minimum absolute atomic E-state index is 0.193. The second-order valence-electron chi connectivity index (χ2n) is 8.48. The van der Waals surface area contributed by atoms with E-state index in [-0.39, 0.29) is 12.2 Å². The van der Waals surface area contributed by atoms with Gasteiger partial charge >= 0.3 is 12.1 Å². The third-order valence-electron chi connectivity index (χ3n) is 6.02. The van der Waals surface area contributed by atoms with E-state index < -0.39 is 12.1 Å². The van der Waals surface area contributed by atoms with Crippen LogP contribution in [-0.2, 0) is 25.5 Å². The molecule has 3 aliphatic rings. The molecule has 4 heterocycles. The molecule has 3 atom stereocenters. The second kappa shape index (κ2) is 11.4. The van der Waals surface area contributed by atoms with Gasteiger partial charge in [-0.1, -0.05) is 6.07 Å². The highest BCUT2D eigenvalue weighted by atomic mass is 19.4. The Kier molecular flexibility index (Phi) is 8.87. The molecule has 0 saturated carbocycles. The quantitative estimate of drug-likeness (QED) is 0.723. The SMILES string of the molecule is Cc1cccc(CN2C[C@H](OCC3CCOCC3)[C@H]3OCCC[C@H]32)n1.O=C(O)C(F)(F)F. The molecule has 180 valence electrons. The molecule has 1 N–H and O–H groups in total. The highest BCUT2D eigenvalue weighted by molar-refractivity contribution is 5.73. The second-order valence-corrected chi connectivity index (χ2v) is 8.48. The summed E-state index contributed by atoms with van der Waals surface area (Å²) < 4.78 is 49.7. The number of fused-ring (bicyclic) bond motifs is 1. The van der Waals surface area contributed by atoms with E-state index in [1.807, 2.05) is 0 Å². The lowest BCUT2D eigenvalue weighted by Gasteiger charge is -2.32. The molecule has 3 fully saturated rings. The van der Waals surface area contributed by atoms with E-state index in [0.717, 1.165) is 70.2 Å². The van der Waals surface area contributed by atoms with Crippen molar-refractivity contribution in [3.8, 4) is 0 Å². The standard InChI is InChI=1S/C20H30N2O3.C2HF3O2/c1-15-4-2-5-17(21-15)12-22-13-19(20-18(22)6-3-9-24-20)25-14-16-7-10-23-11-8-16;3-2(4,5)1(6)7/h2,4-5,16,18-20H,3,6-14H2,1H3;(H,6,7)/t18-,19+,20+;/m1./s1. The predicted octanol–water partition coefficient (Wildman–Crippen LogP) is 3.20. The zero-order valence-corrected chi connectivity index (χ0v) is 18.2. The summed E-state index contributed by atoms with van der Waals surface area (Å²) in [6.07, 6.45) is -0.0764. The zero-order valence-electron chi connectivity index (χ0n) is 18.2. The van der Waals surface area contributed by atoms with Gasteiger partial charge in [-0.15, -0.1) is 0 Å². The summed E-state index contributed by atoms with van der Waals surface area (Å²) in [5, 5.41) is 7.12. The average Bonchev–Trinajstić information content (AvgIpc) is 3.10. The number of aryl methyl sites for hydroxylation is 1. The first kappa shape index (κ1) is 24.9. The topological polar surface area (TPSA) is 81.1 Å². The van der Waals surface area contributed by atoms with Crippen molar-refractivity contribution in [2.45, 2.75) is 63.6 Å². The lowest BCUT2D eigenvalue weighted by molar-refractivity contribution is -0.192. The molecule has 4 rings (SSSR count). The van der Waals surface area contributed by atoms with Gasteiger partial charge in [0, 0.05) is 44.6 Å². The maximum Gasteiger partial charge on any atom is 0.490 e. The number of hydrogen-bond acceptors (Lipinski definition) is 6. The number of likely N-dealkylation sites (tertiary alicyclic amines) is 1. The molecule has 0 aliphatic carbocycles. The molecule has 32 heavy (non-hydrogen) atoms. The Bertz CT molecular complexity index is 743. The van der Waals surface area contributed by atoms with Crippen LogP contribution in [0.15, 0.2) is 18.2 Å². The molecule has 0 aromatic carbocycles. The monoisotopic (exact) mass is 460 g/mol. The third-order valence-corrected chi connectivity index (χ3v) is 6.02. The molecule has 7 nitrogen and oxygen atoms in total. The fourth-order valence-corrected chi connectivity index (χ4v) is 4.40. The maximum atomic E-state index is 10.6. The van der Waals surface area contributed by atoms with Crippen LogP contribution in [-0.4, -0.2) is 78.4 Å². The fraction of sp³-hybridized carbons (Fsp3) is 0.727. The smallest absolute Gasteiger partial charge is 0.475 e. The number of rotatable bonds is 5. The molecule has 0 amide bonds. The maximum absolute atomic E-state index is 10.6. The summed E-state index contributed by atoms with van der Waals surface area (Å²) in [5.41, 5.74) is 2.23. The molecule has 0 unspecified atom stereocenters. The van der Waals surface area contributed by atoms with Gasteiger partial charge in [0.1, 0.15) is 6.10 Å². The predicted molar refractivity (Wildman–Crippen MR) is 109 cm³/mol. The van der Waals surface area contributed by atoms with E-state index in [2.05, 4.69) is 35.0 Å². The summed E-state index contributed by atoms with van der Waals surface area (Å²) in [7, 11) is 0. The number of nitrogens with zero attached hydrogens (tertiary/aromatic N) is 2. The van der Waals surface area contributed by atoms with Gasteiger partial charge in [-0.05, 0) is 50.7 Å². The lowest BCUT2D eigenvalue weighted by atomic mass is 10.0.